The number of rotatable bonds is 6. The molecule has 0 bridgehead atoms. The lowest BCUT2D eigenvalue weighted by Gasteiger charge is -2.49. The summed E-state index contributed by atoms with van der Waals surface area (Å²) < 4.78 is 0. The molecule has 7 heteroatoms. The Morgan fingerprint density at radius 3 is 2.15 bits per heavy atom. The molecule has 2 unspecified atom stereocenters. The zero-order valence-electron chi connectivity index (χ0n) is 12.6. The summed E-state index contributed by atoms with van der Waals surface area (Å²) >= 11 is 0. The molecule has 1 saturated carbocycles. The molecule has 0 heterocycles. The van der Waals surface area contributed by atoms with Crippen LogP contribution in [0.2, 0.25) is 0 Å². The number of aliphatic hydroxyl groups is 1. The lowest BCUT2D eigenvalue weighted by molar-refractivity contribution is -0.141. The minimum absolute atomic E-state index is 0.0182. The number of hydrogen-bond acceptors (Lipinski definition) is 4. The Kier molecular flexibility index (Phi) is 5.35. The average Bonchev–Trinajstić information content (AvgIpc) is 2.28. The Bertz CT molecular complexity index is 367. The van der Waals surface area contributed by atoms with E-state index >= 15 is 0 Å². The predicted molar refractivity (Wildman–Crippen MR) is 74.5 cm³/mol. The highest BCUT2D eigenvalue weighted by Gasteiger charge is 2.41. The largest absolute Gasteiger partial charge is 0.480 e. The number of hydrogen-bond donors (Lipinski definition) is 3. The Balaban J connectivity index is 2.61. The predicted octanol–water partition coefficient (Wildman–Crippen LogP) is -0.0539. The number of likely N-dealkylation sites (N-methyl/N-ethyl adjacent to an activating group) is 2. The van der Waals surface area contributed by atoms with Gasteiger partial charge in [0.2, 0.25) is 0 Å². The molecular formula is C13H25N3O4. The van der Waals surface area contributed by atoms with Gasteiger partial charge in [-0.15, -0.1) is 0 Å². The van der Waals surface area contributed by atoms with Gasteiger partial charge in [-0.3, -0.25) is 0 Å². The molecule has 0 saturated heterocycles. The number of urea groups is 1. The smallest absolute Gasteiger partial charge is 0.328 e. The molecule has 0 radical (unpaired) electrons. The van der Waals surface area contributed by atoms with Crippen molar-refractivity contribution in [3.63, 3.8) is 0 Å². The molecule has 0 aromatic rings. The van der Waals surface area contributed by atoms with Crippen molar-refractivity contribution in [3.05, 3.63) is 0 Å². The molecule has 1 rings (SSSR count). The second-order valence-electron chi connectivity index (χ2n) is 5.83. The zero-order valence-corrected chi connectivity index (χ0v) is 12.6. The van der Waals surface area contributed by atoms with Gasteiger partial charge < -0.3 is 25.3 Å². The zero-order chi connectivity index (χ0) is 15.5. The molecule has 2 atom stereocenters. The number of carbonyl (C=O) groups is 2. The first-order valence-electron chi connectivity index (χ1n) is 6.79. The van der Waals surface area contributed by atoms with Crippen molar-refractivity contribution in [1.29, 1.82) is 0 Å². The van der Waals surface area contributed by atoms with Crippen molar-refractivity contribution in [2.24, 2.45) is 0 Å². The number of aliphatic hydroxyl groups excluding tert-OH is 1. The number of aliphatic carboxylic acids is 1. The summed E-state index contributed by atoms with van der Waals surface area (Å²) in [4.78, 5) is 26.6. The summed E-state index contributed by atoms with van der Waals surface area (Å²) in [6.45, 7) is 1.88. The lowest BCUT2D eigenvalue weighted by Crippen LogP contribution is -2.60. The van der Waals surface area contributed by atoms with Gasteiger partial charge in [0.1, 0.15) is 0 Å². The SMILES string of the molecule is CC(O)C(NC(=O)N(C)CC1(N(C)C)CCC1)C(=O)O. The number of nitrogens with zero attached hydrogens (tertiary/aromatic N) is 2. The van der Waals surface area contributed by atoms with Gasteiger partial charge in [-0.05, 0) is 40.3 Å². The number of carboxylic acid groups (broad SMARTS) is 1. The van der Waals surface area contributed by atoms with E-state index in [4.69, 9.17) is 5.11 Å². The maximum Gasteiger partial charge on any atom is 0.328 e. The maximum absolute atomic E-state index is 12.0. The van der Waals surface area contributed by atoms with Gasteiger partial charge >= 0.3 is 12.0 Å². The van der Waals surface area contributed by atoms with Gasteiger partial charge in [0.15, 0.2) is 6.04 Å². The van der Waals surface area contributed by atoms with Gasteiger partial charge in [0, 0.05) is 19.1 Å². The van der Waals surface area contributed by atoms with Crippen LogP contribution in [-0.2, 0) is 4.79 Å². The maximum atomic E-state index is 12.0. The van der Waals surface area contributed by atoms with Crippen molar-refractivity contribution in [1.82, 2.24) is 15.1 Å². The number of nitrogens with one attached hydrogen (secondary N) is 1. The third-order valence-electron chi connectivity index (χ3n) is 4.14. The van der Waals surface area contributed by atoms with E-state index in [2.05, 4.69) is 10.2 Å². The first-order valence-corrected chi connectivity index (χ1v) is 6.79. The van der Waals surface area contributed by atoms with Crippen LogP contribution in [0.1, 0.15) is 26.2 Å². The molecular weight excluding hydrogens is 262 g/mol. The molecule has 0 aromatic carbocycles. The monoisotopic (exact) mass is 287 g/mol. The van der Waals surface area contributed by atoms with E-state index in [-0.39, 0.29) is 5.54 Å². The van der Waals surface area contributed by atoms with Gasteiger partial charge in [-0.2, -0.15) is 0 Å². The summed E-state index contributed by atoms with van der Waals surface area (Å²) in [5.41, 5.74) is -0.0182. The van der Waals surface area contributed by atoms with E-state index in [9.17, 15) is 14.7 Å². The van der Waals surface area contributed by atoms with E-state index in [1.165, 1.54) is 11.8 Å². The van der Waals surface area contributed by atoms with Crippen molar-refractivity contribution in [3.8, 4) is 0 Å². The van der Waals surface area contributed by atoms with Crippen molar-refractivity contribution in [2.45, 2.75) is 43.9 Å². The minimum atomic E-state index is -1.29. The van der Waals surface area contributed by atoms with Crippen LogP contribution in [0.25, 0.3) is 0 Å². The standard InChI is InChI=1S/C13H25N3O4/c1-9(17)10(11(18)19)14-12(20)16(4)8-13(15(2)3)6-5-7-13/h9-10,17H,5-8H2,1-4H3,(H,14,20)(H,18,19). The van der Waals surface area contributed by atoms with E-state index in [1.807, 2.05) is 14.1 Å². The molecule has 0 spiro atoms. The number of carbonyl (C=O) groups excluding carboxylic acids is 1. The van der Waals surface area contributed by atoms with E-state index in [0.717, 1.165) is 19.3 Å². The Morgan fingerprint density at radius 2 is 1.85 bits per heavy atom. The summed E-state index contributed by atoms with van der Waals surface area (Å²) in [6.07, 6.45) is 2.04. The Morgan fingerprint density at radius 1 is 1.30 bits per heavy atom. The summed E-state index contributed by atoms with van der Waals surface area (Å²) in [5.74, 6) is -1.24. The topological polar surface area (TPSA) is 93.1 Å². The fourth-order valence-corrected chi connectivity index (χ4v) is 2.48. The minimum Gasteiger partial charge on any atom is -0.480 e. The molecule has 0 aromatic heterocycles. The second-order valence-corrected chi connectivity index (χ2v) is 5.83. The first kappa shape index (κ1) is 16.7. The second kappa shape index (κ2) is 6.41. The molecule has 7 nitrogen and oxygen atoms in total. The fraction of sp³-hybridized carbons (Fsp3) is 0.846. The van der Waals surface area contributed by atoms with E-state index in [0.29, 0.717) is 6.54 Å². The van der Waals surface area contributed by atoms with Crippen LogP contribution >= 0.6 is 0 Å². The molecule has 3 N–H and O–H groups in total. The third-order valence-corrected chi connectivity index (χ3v) is 4.14. The van der Waals surface area contributed by atoms with Crippen LogP contribution in [0.3, 0.4) is 0 Å². The molecule has 116 valence electrons. The molecule has 2 amide bonds. The first-order chi connectivity index (χ1) is 9.19. The van der Waals surface area contributed by atoms with Crippen molar-refractivity contribution < 1.29 is 19.8 Å². The number of carboxylic acids is 1. The van der Waals surface area contributed by atoms with Gasteiger partial charge in [0.05, 0.1) is 6.10 Å². The highest BCUT2D eigenvalue weighted by Crippen LogP contribution is 2.36. The van der Waals surface area contributed by atoms with Crippen LogP contribution in [0.4, 0.5) is 4.79 Å². The molecule has 0 aliphatic heterocycles. The van der Waals surface area contributed by atoms with Gasteiger partial charge in [-0.25, -0.2) is 9.59 Å². The van der Waals surface area contributed by atoms with E-state index in [1.54, 1.807) is 7.05 Å². The number of amides is 2. The van der Waals surface area contributed by atoms with Crippen molar-refractivity contribution >= 4 is 12.0 Å². The highest BCUT2D eigenvalue weighted by molar-refractivity contribution is 5.82. The summed E-state index contributed by atoms with van der Waals surface area (Å²) in [5, 5.41) is 20.7. The van der Waals surface area contributed by atoms with Crippen LogP contribution in [-0.4, -0.2) is 77.4 Å². The van der Waals surface area contributed by atoms with Crippen LogP contribution in [0.15, 0.2) is 0 Å². The summed E-state index contributed by atoms with van der Waals surface area (Å²) in [7, 11) is 5.61. The van der Waals surface area contributed by atoms with Crippen LogP contribution in [0.5, 0.6) is 0 Å². The molecule has 20 heavy (non-hydrogen) atoms. The highest BCUT2D eigenvalue weighted by atomic mass is 16.4. The fourth-order valence-electron chi connectivity index (χ4n) is 2.48. The quantitative estimate of drug-likeness (QED) is 0.637. The lowest BCUT2D eigenvalue weighted by atomic mass is 9.75. The van der Waals surface area contributed by atoms with E-state index < -0.39 is 24.1 Å². The third kappa shape index (κ3) is 3.61. The summed E-state index contributed by atoms with van der Waals surface area (Å²) in [6, 6.07) is -1.77. The Labute approximate surface area is 119 Å². The van der Waals surface area contributed by atoms with Crippen LogP contribution in [0, 0.1) is 0 Å². The van der Waals surface area contributed by atoms with Crippen LogP contribution < -0.4 is 5.32 Å². The average molecular weight is 287 g/mol. The normalized spacial score (nSPS) is 19.9. The molecule has 1 fully saturated rings. The van der Waals surface area contributed by atoms with Crippen molar-refractivity contribution in [2.75, 3.05) is 27.7 Å². The Hall–Kier alpha value is -1.34. The molecule has 1 aliphatic carbocycles. The van der Waals surface area contributed by atoms with Gasteiger partial charge in [-0.1, -0.05) is 0 Å². The molecule has 1 aliphatic rings. The van der Waals surface area contributed by atoms with Gasteiger partial charge in [0.25, 0.3) is 0 Å².